The number of fused-ring (bicyclic) bond motifs is 1. The van der Waals surface area contributed by atoms with Crippen LogP contribution in [0.5, 0.6) is 5.75 Å². The van der Waals surface area contributed by atoms with Gasteiger partial charge in [-0.05, 0) is 12.1 Å². The Labute approximate surface area is 83.7 Å². The van der Waals surface area contributed by atoms with Gasteiger partial charge in [-0.15, -0.1) is 11.3 Å². The van der Waals surface area contributed by atoms with Gasteiger partial charge >= 0.3 is 0 Å². The molecule has 0 N–H and O–H groups in total. The SMILES string of the molecule is COc1cc2scc(F)c2cc1Cl. The van der Waals surface area contributed by atoms with Crippen LogP contribution < -0.4 is 4.74 Å². The van der Waals surface area contributed by atoms with E-state index >= 15 is 0 Å². The van der Waals surface area contributed by atoms with E-state index in [-0.39, 0.29) is 5.82 Å². The summed E-state index contributed by atoms with van der Waals surface area (Å²) in [5.74, 6) is 0.348. The predicted octanol–water partition coefficient (Wildman–Crippen LogP) is 3.70. The van der Waals surface area contributed by atoms with Crippen LogP contribution in [0.2, 0.25) is 5.02 Å². The van der Waals surface area contributed by atoms with Gasteiger partial charge in [0.05, 0.1) is 12.1 Å². The third kappa shape index (κ3) is 1.38. The Balaban J connectivity index is 2.76. The number of methoxy groups -OCH3 is 1. The number of hydrogen-bond donors (Lipinski definition) is 0. The van der Waals surface area contributed by atoms with Crippen molar-refractivity contribution in [3.8, 4) is 5.75 Å². The van der Waals surface area contributed by atoms with E-state index in [2.05, 4.69) is 0 Å². The molecule has 0 radical (unpaired) electrons. The second-order valence-corrected chi connectivity index (χ2v) is 3.88. The van der Waals surface area contributed by atoms with Crippen LogP contribution in [0.1, 0.15) is 0 Å². The Bertz CT molecular complexity index is 452. The van der Waals surface area contributed by atoms with Gasteiger partial charge in [-0.2, -0.15) is 0 Å². The Morgan fingerprint density at radius 1 is 1.46 bits per heavy atom. The quantitative estimate of drug-likeness (QED) is 0.706. The monoisotopic (exact) mass is 216 g/mol. The molecular formula is C9H6ClFOS. The lowest BCUT2D eigenvalue weighted by atomic mass is 10.2. The molecule has 13 heavy (non-hydrogen) atoms. The molecule has 2 rings (SSSR count). The minimum absolute atomic E-state index is 0.232. The molecule has 0 spiro atoms. The second kappa shape index (κ2) is 3.16. The molecule has 1 heterocycles. The summed E-state index contributed by atoms with van der Waals surface area (Å²) in [6.07, 6.45) is 0. The molecule has 0 unspecified atom stereocenters. The number of rotatable bonds is 1. The maximum atomic E-state index is 13.1. The van der Waals surface area contributed by atoms with Gasteiger partial charge in [0.15, 0.2) is 0 Å². The molecule has 0 amide bonds. The van der Waals surface area contributed by atoms with Gasteiger partial charge in [0.25, 0.3) is 0 Å². The highest BCUT2D eigenvalue weighted by Gasteiger charge is 2.08. The topological polar surface area (TPSA) is 9.23 Å². The van der Waals surface area contributed by atoms with E-state index in [9.17, 15) is 4.39 Å². The lowest BCUT2D eigenvalue weighted by Gasteiger charge is -2.01. The maximum absolute atomic E-state index is 13.1. The number of hydrogen-bond acceptors (Lipinski definition) is 2. The molecule has 4 heteroatoms. The van der Waals surface area contributed by atoms with Crippen molar-refractivity contribution in [2.24, 2.45) is 0 Å². The molecule has 0 aliphatic heterocycles. The number of halogens is 2. The Kier molecular flexibility index (Phi) is 2.14. The molecule has 1 aromatic carbocycles. The van der Waals surface area contributed by atoms with Crippen LogP contribution in [-0.4, -0.2) is 7.11 Å². The highest BCUT2D eigenvalue weighted by molar-refractivity contribution is 7.17. The van der Waals surface area contributed by atoms with Crippen LogP contribution in [0, 0.1) is 5.82 Å². The van der Waals surface area contributed by atoms with Crippen LogP contribution in [0.4, 0.5) is 4.39 Å². The lowest BCUT2D eigenvalue weighted by molar-refractivity contribution is 0.415. The summed E-state index contributed by atoms with van der Waals surface area (Å²) in [5.41, 5.74) is 0. The highest BCUT2D eigenvalue weighted by Crippen LogP contribution is 2.34. The summed E-state index contributed by atoms with van der Waals surface area (Å²) in [7, 11) is 1.54. The summed E-state index contributed by atoms with van der Waals surface area (Å²) in [6.45, 7) is 0. The zero-order valence-electron chi connectivity index (χ0n) is 6.80. The van der Waals surface area contributed by atoms with Crippen LogP contribution in [-0.2, 0) is 0 Å². The highest BCUT2D eigenvalue weighted by atomic mass is 35.5. The van der Waals surface area contributed by atoms with Crippen LogP contribution >= 0.6 is 22.9 Å². The summed E-state index contributed by atoms with van der Waals surface area (Å²) < 4.78 is 18.9. The summed E-state index contributed by atoms with van der Waals surface area (Å²) in [4.78, 5) is 0. The Morgan fingerprint density at radius 3 is 2.92 bits per heavy atom. The molecule has 0 bridgehead atoms. The molecule has 1 nitrogen and oxygen atoms in total. The van der Waals surface area contributed by atoms with Crippen molar-refractivity contribution in [3.05, 3.63) is 28.4 Å². The van der Waals surface area contributed by atoms with Crippen molar-refractivity contribution in [3.63, 3.8) is 0 Å². The summed E-state index contributed by atoms with van der Waals surface area (Å²) >= 11 is 7.18. The first kappa shape index (κ1) is 8.78. The molecule has 0 saturated heterocycles. The van der Waals surface area contributed by atoms with Gasteiger partial charge in [0, 0.05) is 15.5 Å². The molecule has 0 aliphatic carbocycles. The molecule has 0 fully saturated rings. The van der Waals surface area contributed by atoms with Crippen LogP contribution in [0.25, 0.3) is 10.1 Å². The molecule has 68 valence electrons. The smallest absolute Gasteiger partial charge is 0.141 e. The molecule has 0 saturated carbocycles. The number of thiophene rings is 1. The van der Waals surface area contributed by atoms with Gasteiger partial charge in [0.1, 0.15) is 11.6 Å². The van der Waals surface area contributed by atoms with Gasteiger partial charge in [-0.25, -0.2) is 4.39 Å². The van der Waals surface area contributed by atoms with Gasteiger partial charge in [-0.3, -0.25) is 0 Å². The second-order valence-electron chi connectivity index (χ2n) is 2.57. The van der Waals surface area contributed by atoms with Crippen molar-refractivity contribution in [2.75, 3.05) is 7.11 Å². The summed E-state index contributed by atoms with van der Waals surface area (Å²) in [5, 5.41) is 2.45. The Morgan fingerprint density at radius 2 is 2.23 bits per heavy atom. The molecule has 0 aliphatic rings. The lowest BCUT2D eigenvalue weighted by Crippen LogP contribution is -1.83. The maximum Gasteiger partial charge on any atom is 0.141 e. The number of benzene rings is 1. The van der Waals surface area contributed by atoms with E-state index in [4.69, 9.17) is 16.3 Å². The third-order valence-electron chi connectivity index (χ3n) is 1.80. The third-order valence-corrected chi connectivity index (χ3v) is 3.01. The zero-order chi connectivity index (χ0) is 9.42. The average Bonchev–Trinajstić information content (AvgIpc) is 2.47. The predicted molar refractivity (Wildman–Crippen MR) is 53.3 cm³/mol. The average molecular weight is 217 g/mol. The minimum Gasteiger partial charge on any atom is -0.495 e. The van der Waals surface area contributed by atoms with Crippen molar-refractivity contribution >= 4 is 33.0 Å². The fourth-order valence-corrected chi connectivity index (χ4v) is 2.21. The van der Waals surface area contributed by atoms with Crippen LogP contribution in [0.3, 0.4) is 0 Å². The van der Waals surface area contributed by atoms with Crippen molar-refractivity contribution in [1.82, 2.24) is 0 Å². The largest absolute Gasteiger partial charge is 0.495 e. The first-order valence-electron chi connectivity index (χ1n) is 3.62. The Hall–Kier alpha value is -0.800. The molecule has 0 atom stereocenters. The van der Waals surface area contributed by atoms with Crippen molar-refractivity contribution in [2.45, 2.75) is 0 Å². The normalized spacial score (nSPS) is 10.7. The fraction of sp³-hybridized carbons (Fsp3) is 0.111. The van der Waals surface area contributed by atoms with Gasteiger partial charge < -0.3 is 4.74 Å². The minimum atomic E-state index is -0.232. The van der Waals surface area contributed by atoms with E-state index in [1.54, 1.807) is 12.1 Å². The van der Waals surface area contributed by atoms with Crippen molar-refractivity contribution < 1.29 is 9.13 Å². The zero-order valence-corrected chi connectivity index (χ0v) is 8.38. The molecular weight excluding hydrogens is 211 g/mol. The van der Waals surface area contributed by atoms with Gasteiger partial charge in [-0.1, -0.05) is 11.6 Å². The molecule has 2 aromatic rings. The molecule has 1 aromatic heterocycles. The number of ether oxygens (including phenoxy) is 1. The van der Waals surface area contributed by atoms with Gasteiger partial charge in [0.2, 0.25) is 0 Å². The van der Waals surface area contributed by atoms with E-state index < -0.39 is 0 Å². The first-order valence-corrected chi connectivity index (χ1v) is 4.88. The standard InChI is InChI=1S/C9H6ClFOS/c1-12-8-3-9-5(2-6(8)10)7(11)4-13-9/h2-4H,1H3. The summed E-state index contributed by atoms with van der Waals surface area (Å²) in [6, 6.07) is 3.33. The van der Waals surface area contributed by atoms with E-state index in [1.807, 2.05) is 0 Å². The van der Waals surface area contributed by atoms with E-state index in [0.717, 1.165) is 4.70 Å². The van der Waals surface area contributed by atoms with E-state index in [1.165, 1.54) is 23.8 Å². The first-order chi connectivity index (χ1) is 6.22. The van der Waals surface area contributed by atoms with E-state index in [0.29, 0.717) is 16.2 Å². The fourth-order valence-electron chi connectivity index (χ4n) is 1.15. The van der Waals surface area contributed by atoms with Crippen molar-refractivity contribution in [1.29, 1.82) is 0 Å². The van der Waals surface area contributed by atoms with Crippen LogP contribution in [0.15, 0.2) is 17.5 Å².